The molecule has 9 nitrogen and oxygen atoms in total. The fourth-order valence-corrected chi connectivity index (χ4v) is 5.10. The van der Waals surface area contributed by atoms with E-state index in [4.69, 9.17) is 21.6 Å². The van der Waals surface area contributed by atoms with Crippen molar-refractivity contribution in [2.45, 2.75) is 84.2 Å². The summed E-state index contributed by atoms with van der Waals surface area (Å²) in [5, 5.41) is 31.4. The Labute approximate surface area is 240 Å². The first-order valence-corrected chi connectivity index (χ1v) is 17.3. The zero-order valence-corrected chi connectivity index (χ0v) is 25.7. The molecule has 1 aromatic carbocycles. The van der Waals surface area contributed by atoms with Gasteiger partial charge in [0, 0.05) is 44.6 Å². The van der Waals surface area contributed by atoms with E-state index in [1.54, 1.807) is 41.5 Å². The van der Waals surface area contributed by atoms with Gasteiger partial charge in [0.25, 0.3) is 0 Å². The van der Waals surface area contributed by atoms with Crippen molar-refractivity contribution >= 4 is 25.6 Å². The Balaban J connectivity index is 1.60. The molecule has 0 aliphatic rings. The Kier molecular flexibility index (Phi) is 10.3. The van der Waals surface area contributed by atoms with Crippen LogP contribution in [0.25, 0.3) is 11.3 Å². The van der Waals surface area contributed by atoms with Crippen LogP contribution in [-0.4, -0.2) is 56.9 Å². The van der Waals surface area contributed by atoms with E-state index >= 15 is 0 Å². The van der Waals surface area contributed by atoms with Crippen LogP contribution in [0.3, 0.4) is 0 Å². The lowest BCUT2D eigenvalue weighted by molar-refractivity contribution is -0.121. The molecule has 2 aromatic heterocycles. The van der Waals surface area contributed by atoms with Crippen LogP contribution in [-0.2, 0) is 35.6 Å². The second-order valence-electron chi connectivity index (χ2n) is 12.0. The number of aliphatic hydroxyl groups is 1. The molecule has 12 heteroatoms. The number of aromatic nitrogens is 4. The van der Waals surface area contributed by atoms with Crippen molar-refractivity contribution in [3.8, 4) is 17.3 Å². The molecule has 0 aliphatic carbocycles. The third-order valence-corrected chi connectivity index (χ3v) is 8.04. The Morgan fingerprint density at radius 2 is 2.02 bits per heavy atom. The van der Waals surface area contributed by atoms with Crippen LogP contribution in [0.15, 0.2) is 30.5 Å². The van der Waals surface area contributed by atoms with E-state index < -0.39 is 19.5 Å². The summed E-state index contributed by atoms with van der Waals surface area (Å²) < 4.78 is 23.4. The van der Waals surface area contributed by atoms with Crippen LogP contribution < -0.4 is 5.32 Å². The average molecular weight is 589 g/mol. The minimum Gasteiger partial charge on any atom is -0.390 e. The Morgan fingerprint density at radius 1 is 1.30 bits per heavy atom. The molecule has 0 unspecified atom stereocenters. The normalized spacial score (nSPS) is 12.8. The van der Waals surface area contributed by atoms with Crippen LogP contribution in [0.5, 0.6) is 0 Å². The standard InChI is InChI=1S/C28H38ClFN6O3Si/c1-19(17-35-8-7-26(34-35)20-11-24(29)23(16-31)25(30)12-20)32-27(37)14-21-13-22(15-28(2,3)38)36(33-21)18-39-9-10-40(4,5)6/h7-8,11-13,19,38H,9-10,14-15,17-18H2,1-6H3,(H,32,37)/t19-/m0/s1. The maximum Gasteiger partial charge on any atom is 0.226 e. The van der Waals surface area contributed by atoms with E-state index in [0.717, 1.165) is 11.7 Å². The van der Waals surface area contributed by atoms with Gasteiger partial charge < -0.3 is 15.2 Å². The molecule has 3 aromatic rings. The Morgan fingerprint density at radius 3 is 2.65 bits per heavy atom. The number of nitriles is 1. The molecular weight excluding hydrogens is 551 g/mol. The number of ether oxygens (including phenoxy) is 1. The predicted molar refractivity (Wildman–Crippen MR) is 155 cm³/mol. The Bertz CT molecular complexity index is 1350. The van der Waals surface area contributed by atoms with E-state index in [1.807, 2.05) is 13.0 Å². The molecule has 0 radical (unpaired) electrons. The number of hydrogen-bond acceptors (Lipinski definition) is 6. The van der Waals surface area contributed by atoms with Crippen LogP contribution in [0.2, 0.25) is 30.7 Å². The molecule has 0 saturated carbocycles. The third-order valence-electron chi connectivity index (χ3n) is 6.04. The number of halogens is 2. The molecule has 2 N–H and O–H groups in total. The lowest BCUT2D eigenvalue weighted by atomic mass is 10.0. The summed E-state index contributed by atoms with van der Waals surface area (Å²) in [7, 11) is -1.22. The van der Waals surface area contributed by atoms with Crippen molar-refractivity contribution in [1.82, 2.24) is 24.9 Å². The van der Waals surface area contributed by atoms with Crippen molar-refractivity contribution in [2.75, 3.05) is 6.61 Å². The van der Waals surface area contributed by atoms with Crippen LogP contribution >= 0.6 is 11.6 Å². The maximum atomic E-state index is 14.2. The molecule has 0 fully saturated rings. The zero-order chi connectivity index (χ0) is 29.7. The number of nitrogens with one attached hydrogen (secondary N) is 1. The van der Waals surface area contributed by atoms with Gasteiger partial charge in [0.2, 0.25) is 5.91 Å². The van der Waals surface area contributed by atoms with Gasteiger partial charge in [0.05, 0.1) is 35.0 Å². The van der Waals surface area contributed by atoms with Crippen LogP contribution in [0, 0.1) is 17.1 Å². The zero-order valence-electron chi connectivity index (χ0n) is 24.0. The number of hydrogen-bond donors (Lipinski definition) is 2. The first kappa shape index (κ1) is 31.5. The molecule has 0 spiro atoms. The summed E-state index contributed by atoms with van der Waals surface area (Å²) in [6, 6.07) is 8.82. The van der Waals surface area contributed by atoms with E-state index in [1.165, 1.54) is 12.1 Å². The number of carbonyl (C=O) groups excluding carboxylic acids is 1. The first-order chi connectivity index (χ1) is 18.6. The van der Waals surface area contributed by atoms with E-state index in [-0.39, 0.29) is 35.7 Å². The summed E-state index contributed by atoms with van der Waals surface area (Å²) in [6.07, 6.45) is 2.19. The van der Waals surface area contributed by atoms with Crippen molar-refractivity contribution in [2.24, 2.45) is 0 Å². The van der Waals surface area contributed by atoms with Crippen molar-refractivity contribution in [3.63, 3.8) is 0 Å². The number of amides is 1. The van der Waals surface area contributed by atoms with Gasteiger partial charge in [0.15, 0.2) is 0 Å². The molecule has 0 bridgehead atoms. The van der Waals surface area contributed by atoms with Gasteiger partial charge in [-0.2, -0.15) is 15.5 Å². The SMILES string of the molecule is C[C@@H](Cn1ccc(-c2cc(F)c(C#N)c(Cl)c2)n1)NC(=O)Cc1cc(CC(C)(C)O)n(COCC[Si](C)(C)C)n1. The lowest BCUT2D eigenvalue weighted by Gasteiger charge is -2.18. The Hall–Kier alpha value is -3.04. The van der Waals surface area contributed by atoms with Gasteiger partial charge in [-0.3, -0.25) is 9.48 Å². The molecule has 1 atom stereocenters. The second-order valence-corrected chi connectivity index (χ2v) is 18.0. The van der Waals surface area contributed by atoms with Crippen LogP contribution in [0.1, 0.15) is 37.7 Å². The van der Waals surface area contributed by atoms with Crippen molar-refractivity contribution in [3.05, 3.63) is 58.3 Å². The van der Waals surface area contributed by atoms with Gasteiger partial charge >= 0.3 is 0 Å². The van der Waals surface area contributed by atoms with Gasteiger partial charge in [-0.15, -0.1) is 0 Å². The van der Waals surface area contributed by atoms with Crippen molar-refractivity contribution < 1.29 is 19.0 Å². The van der Waals surface area contributed by atoms with Gasteiger partial charge in [-0.25, -0.2) is 9.07 Å². The summed E-state index contributed by atoms with van der Waals surface area (Å²) in [6.45, 7) is 13.5. The van der Waals surface area contributed by atoms with Gasteiger partial charge in [0.1, 0.15) is 24.2 Å². The molecule has 0 aliphatic heterocycles. The maximum absolute atomic E-state index is 14.2. The molecule has 2 heterocycles. The first-order valence-electron chi connectivity index (χ1n) is 13.2. The fourth-order valence-electron chi connectivity index (χ4n) is 4.09. The van der Waals surface area contributed by atoms with E-state index in [9.17, 15) is 14.3 Å². The smallest absolute Gasteiger partial charge is 0.226 e. The van der Waals surface area contributed by atoms with Gasteiger partial charge in [-0.05, 0) is 51.1 Å². The van der Waals surface area contributed by atoms with E-state index in [2.05, 4.69) is 35.2 Å². The summed E-state index contributed by atoms with van der Waals surface area (Å²) >= 11 is 6.02. The molecule has 3 rings (SSSR count). The highest BCUT2D eigenvalue weighted by Crippen LogP contribution is 2.27. The minimum atomic E-state index is -1.22. The lowest BCUT2D eigenvalue weighted by Crippen LogP contribution is -2.36. The summed E-state index contributed by atoms with van der Waals surface area (Å²) in [5.74, 6) is -0.897. The van der Waals surface area contributed by atoms with E-state index in [0.29, 0.717) is 36.5 Å². The molecular formula is C28H38ClFN6O3Si. The monoisotopic (exact) mass is 588 g/mol. The average Bonchev–Trinajstić information content (AvgIpc) is 3.41. The number of carbonyl (C=O) groups is 1. The topological polar surface area (TPSA) is 118 Å². The summed E-state index contributed by atoms with van der Waals surface area (Å²) in [4.78, 5) is 12.8. The highest BCUT2D eigenvalue weighted by molar-refractivity contribution is 6.76. The van der Waals surface area contributed by atoms with Crippen molar-refractivity contribution in [1.29, 1.82) is 5.26 Å². The predicted octanol–water partition coefficient (Wildman–Crippen LogP) is 4.78. The quantitative estimate of drug-likeness (QED) is 0.219. The number of benzene rings is 1. The summed E-state index contributed by atoms with van der Waals surface area (Å²) in [5.41, 5.74) is 1.23. The largest absolute Gasteiger partial charge is 0.390 e. The van der Waals surface area contributed by atoms with Gasteiger partial charge in [-0.1, -0.05) is 31.2 Å². The third kappa shape index (κ3) is 9.55. The van der Waals surface area contributed by atoms with Crippen LogP contribution in [0.4, 0.5) is 4.39 Å². The molecule has 0 saturated heterocycles. The minimum absolute atomic E-state index is 0.0268. The fraction of sp³-hybridized carbons (Fsp3) is 0.500. The number of rotatable bonds is 13. The number of nitrogens with zero attached hydrogens (tertiary/aromatic N) is 5. The second kappa shape index (κ2) is 13.1. The molecule has 40 heavy (non-hydrogen) atoms. The highest BCUT2D eigenvalue weighted by Gasteiger charge is 2.20. The molecule has 1 amide bonds. The highest BCUT2D eigenvalue weighted by atomic mass is 35.5. The molecule has 216 valence electrons.